The van der Waals surface area contributed by atoms with Gasteiger partial charge in [-0.15, -0.1) is 0 Å². The van der Waals surface area contributed by atoms with E-state index in [4.69, 9.17) is 4.74 Å². The lowest BCUT2D eigenvalue weighted by Crippen LogP contribution is -2.38. The molecule has 0 amide bonds. The number of rotatable bonds is 8. The summed E-state index contributed by atoms with van der Waals surface area (Å²) in [6.45, 7) is 15.1. The Hall–Kier alpha value is -2.38. The molecule has 1 aromatic rings. The maximum Gasteiger partial charge on any atom is 0.232 e. The van der Waals surface area contributed by atoms with Crippen LogP contribution in [0.5, 0.6) is 5.88 Å². The number of pyridine rings is 1. The van der Waals surface area contributed by atoms with E-state index in [9.17, 15) is 5.26 Å². The molecule has 0 aromatic carbocycles. The summed E-state index contributed by atoms with van der Waals surface area (Å²) in [5.41, 5.74) is 2.13. The summed E-state index contributed by atoms with van der Waals surface area (Å²) in [7, 11) is 0. The Balaban J connectivity index is 2.95. The predicted molar refractivity (Wildman–Crippen MR) is 104 cm³/mol. The first kappa shape index (κ1) is 20.7. The van der Waals surface area contributed by atoms with E-state index in [0.717, 1.165) is 24.2 Å². The molecule has 1 aromatic heterocycles. The van der Waals surface area contributed by atoms with Crippen molar-refractivity contribution >= 4 is 0 Å². The first-order chi connectivity index (χ1) is 11.8. The van der Waals surface area contributed by atoms with Gasteiger partial charge in [0.15, 0.2) is 0 Å². The SMILES string of the molecule is C=C(/C=C\C=C/C)[C@@H](CCNC(C)(C)C)Oc1nc(C)ccc1C#N. The largest absolute Gasteiger partial charge is 0.468 e. The third kappa shape index (κ3) is 7.82. The van der Waals surface area contributed by atoms with Crippen molar-refractivity contribution in [3.63, 3.8) is 0 Å². The zero-order valence-electron chi connectivity index (χ0n) is 16.0. The van der Waals surface area contributed by atoms with Gasteiger partial charge in [-0.25, -0.2) is 4.98 Å². The van der Waals surface area contributed by atoms with Crippen LogP contribution in [-0.4, -0.2) is 23.2 Å². The highest BCUT2D eigenvalue weighted by molar-refractivity contribution is 5.39. The van der Waals surface area contributed by atoms with Gasteiger partial charge in [-0.05, 0) is 58.9 Å². The van der Waals surface area contributed by atoms with Crippen molar-refractivity contribution in [2.24, 2.45) is 0 Å². The molecule has 0 radical (unpaired) electrons. The maximum absolute atomic E-state index is 9.29. The summed E-state index contributed by atoms with van der Waals surface area (Å²) in [5, 5.41) is 12.7. The fraction of sp³-hybridized carbons (Fsp3) is 0.429. The van der Waals surface area contributed by atoms with Crippen LogP contribution in [0.15, 0.2) is 48.6 Å². The minimum absolute atomic E-state index is 0.0338. The van der Waals surface area contributed by atoms with Crippen LogP contribution < -0.4 is 10.1 Å². The molecule has 0 aliphatic heterocycles. The molecular formula is C21H29N3O. The van der Waals surface area contributed by atoms with Gasteiger partial charge in [-0.2, -0.15) is 5.26 Å². The highest BCUT2D eigenvalue weighted by Gasteiger charge is 2.18. The Labute approximate surface area is 151 Å². The van der Waals surface area contributed by atoms with Crippen LogP contribution in [0.4, 0.5) is 0 Å². The molecule has 0 bridgehead atoms. The summed E-state index contributed by atoms with van der Waals surface area (Å²) in [6, 6.07) is 5.68. The number of hydrogen-bond acceptors (Lipinski definition) is 4. The van der Waals surface area contributed by atoms with Gasteiger partial charge in [0.25, 0.3) is 0 Å². The van der Waals surface area contributed by atoms with E-state index in [1.807, 2.05) is 44.2 Å². The molecule has 1 N–H and O–H groups in total. The molecule has 0 spiro atoms. The first-order valence-corrected chi connectivity index (χ1v) is 8.54. The van der Waals surface area contributed by atoms with Crippen molar-refractivity contribution in [2.75, 3.05) is 6.54 Å². The quantitative estimate of drug-likeness (QED) is 0.710. The molecular weight excluding hydrogens is 310 g/mol. The Morgan fingerprint density at radius 1 is 1.40 bits per heavy atom. The summed E-state index contributed by atoms with van der Waals surface area (Å²) in [4.78, 5) is 4.38. The van der Waals surface area contributed by atoms with Crippen molar-refractivity contribution in [2.45, 2.75) is 52.7 Å². The average molecular weight is 339 g/mol. The minimum atomic E-state index is -0.252. The minimum Gasteiger partial charge on any atom is -0.468 e. The number of ether oxygens (including phenoxy) is 1. The van der Waals surface area contributed by atoms with E-state index >= 15 is 0 Å². The molecule has 134 valence electrons. The second-order valence-electron chi connectivity index (χ2n) is 6.95. The molecule has 0 fully saturated rings. The number of nitrogens with zero attached hydrogens (tertiary/aromatic N) is 2. The second kappa shape index (κ2) is 9.80. The number of hydrogen-bond donors (Lipinski definition) is 1. The smallest absolute Gasteiger partial charge is 0.232 e. The van der Waals surface area contributed by atoms with Gasteiger partial charge in [0.05, 0.1) is 0 Å². The summed E-state index contributed by atoms with van der Waals surface area (Å²) in [6.07, 6.45) is 8.25. The maximum atomic E-state index is 9.29. The van der Waals surface area contributed by atoms with Crippen LogP contribution >= 0.6 is 0 Å². The number of aromatic nitrogens is 1. The molecule has 0 saturated carbocycles. The van der Waals surface area contributed by atoms with Crippen LogP contribution in [-0.2, 0) is 0 Å². The Morgan fingerprint density at radius 3 is 2.72 bits per heavy atom. The number of aryl methyl sites for hydroxylation is 1. The van der Waals surface area contributed by atoms with Gasteiger partial charge in [-0.3, -0.25) is 0 Å². The molecule has 1 heterocycles. The highest BCUT2D eigenvalue weighted by Crippen LogP contribution is 2.21. The van der Waals surface area contributed by atoms with Crippen molar-refractivity contribution in [3.8, 4) is 11.9 Å². The summed E-state index contributed by atoms with van der Waals surface area (Å²) < 4.78 is 6.08. The van der Waals surface area contributed by atoms with Gasteiger partial charge in [-0.1, -0.05) is 30.9 Å². The van der Waals surface area contributed by atoms with Crippen molar-refractivity contribution < 1.29 is 4.74 Å². The van der Waals surface area contributed by atoms with E-state index in [0.29, 0.717) is 11.4 Å². The van der Waals surface area contributed by atoms with Gasteiger partial charge in [0.2, 0.25) is 5.88 Å². The lowest BCUT2D eigenvalue weighted by atomic mass is 10.1. The lowest BCUT2D eigenvalue weighted by molar-refractivity contribution is 0.214. The third-order valence-corrected chi connectivity index (χ3v) is 3.46. The van der Waals surface area contributed by atoms with E-state index in [1.54, 1.807) is 6.07 Å². The molecule has 1 atom stereocenters. The fourth-order valence-corrected chi connectivity index (χ4v) is 2.14. The average Bonchev–Trinajstić information content (AvgIpc) is 2.53. The number of allylic oxidation sites excluding steroid dienone is 3. The summed E-state index contributed by atoms with van der Waals surface area (Å²) >= 11 is 0. The third-order valence-electron chi connectivity index (χ3n) is 3.46. The van der Waals surface area contributed by atoms with Gasteiger partial charge in [0.1, 0.15) is 17.7 Å². The Morgan fingerprint density at radius 2 is 2.12 bits per heavy atom. The molecule has 4 heteroatoms. The van der Waals surface area contributed by atoms with Crippen LogP contribution in [0.25, 0.3) is 0 Å². The van der Waals surface area contributed by atoms with Crippen molar-refractivity contribution in [1.29, 1.82) is 5.26 Å². The Bertz CT molecular complexity index is 675. The van der Waals surface area contributed by atoms with Crippen LogP contribution in [0.3, 0.4) is 0 Å². The monoisotopic (exact) mass is 339 g/mol. The Kier molecular flexibility index (Phi) is 8.10. The molecule has 0 saturated heterocycles. The zero-order valence-corrected chi connectivity index (χ0v) is 16.0. The predicted octanol–water partition coefficient (Wildman–Crippen LogP) is 4.48. The molecule has 25 heavy (non-hydrogen) atoms. The molecule has 4 nitrogen and oxygen atoms in total. The van der Waals surface area contributed by atoms with Crippen molar-refractivity contribution in [1.82, 2.24) is 10.3 Å². The summed E-state index contributed by atoms with van der Waals surface area (Å²) in [5.74, 6) is 0.365. The molecule has 0 aliphatic rings. The van der Waals surface area contributed by atoms with Gasteiger partial charge >= 0.3 is 0 Å². The van der Waals surface area contributed by atoms with Gasteiger partial charge < -0.3 is 10.1 Å². The van der Waals surface area contributed by atoms with Gasteiger partial charge in [0, 0.05) is 17.7 Å². The van der Waals surface area contributed by atoms with Crippen LogP contribution in [0.1, 0.15) is 45.4 Å². The first-order valence-electron chi connectivity index (χ1n) is 8.54. The van der Waals surface area contributed by atoms with Crippen LogP contribution in [0, 0.1) is 18.3 Å². The van der Waals surface area contributed by atoms with Crippen LogP contribution in [0.2, 0.25) is 0 Å². The number of nitrogens with one attached hydrogen (secondary N) is 1. The highest BCUT2D eigenvalue weighted by atomic mass is 16.5. The van der Waals surface area contributed by atoms with Crippen molar-refractivity contribution in [3.05, 3.63) is 59.8 Å². The normalized spacial score (nSPS) is 13.1. The number of nitriles is 1. The fourth-order valence-electron chi connectivity index (χ4n) is 2.14. The van der Waals surface area contributed by atoms with E-state index < -0.39 is 0 Å². The zero-order chi connectivity index (χ0) is 18.9. The topological polar surface area (TPSA) is 57.9 Å². The van der Waals surface area contributed by atoms with E-state index in [1.165, 1.54) is 0 Å². The second-order valence-corrected chi connectivity index (χ2v) is 6.95. The van der Waals surface area contributed by atoms with E-state index in [-0.39, 0.29) is 11.6 Å². The van der Waals surface area contributed by atoms with E-state index in [2.05, 4.69) is 43.7 Å². The standard InChI is InChI=1S/C21H29N3O/c1-7-8-9-10-16(2)19(13-14-23-21(4,5)6)25-20-18(15-22)12-11-17(3)24-20/h7-12,19,23H,2,13-14H2,1,3-6H3/b8-7-,10-9-/t19-/m1/s1. The molecule has 1 rings (SSSR count). The molecule has 0 aliphatic carbocycles. The lowest BCUT2D eigenvalue weighted by Gasteiger charge is -2.24. The molecule has 0 unspecified atom stereocenters.